The fourth-order valence-electron chi connectivity index (χ4n) is 4.08. The second-order valence-corrected chi connectivity index (χ2v) is 12.8. The van der Waals surface area contributed by atoms with E-state index in [-0.39, 0.29) is 29.4 Å². The highest BCUT2D eigenvalue weighted by molar-refractivity contribution is 7.89. The van der Waals surface area contributed by atoms with Gasteiger partial charge in [0.15, 0.2) is 6.10 Å². The van der Waals surface area contributed by atoms with Crippen molar-refractivity contribution < 1.29 is 41.2 Å². The maximum atomic E-state index is 14.2. The number of sulfonamides is 1. The van der Waals surface area contributed by atoms with Gasteiger partial charge in [-0.2, -0.15) is 4.72 Å². The number of methoxy groups -OCH3 is 1. The molecule has 12 nitrogen and oxygen atoms in total. The first-order valence-corrected chi connectivity index (χ1v) is 16.1. The lowest BCUT2D eigenvalue weighted by atomic mass is 10.1. The molecular weight excluding hydrogens is 587 g/mol. The van der Waals surface area contributed by atoms with Gasteiger partial charge < -0.3 is 18.5 Å². The molecule has 0 aromatic heterocycles. The Hall–Kier alpha value is -3.45. The fourth-order valence-corrected chi connectivity index (χ4v) is 7.34. The molecule has 0 bridgehead atoms. The highest BCUT2D eigenvalue weighted by Gasteiger charge is 2.48. The summed E-state index contributed by atoms with van der Waals surface area (Å²) in [7, 11) is -7.48. The predicted molar refractivity (Wildman–Crippen MR) is 154 cm³/mol. The summed E-state index contributed by atoms with van der Waals surface area (Å²) in [5.41, 5.74) is 1.08. The molecule has 3 atom stereocenters. The number of rotatable bonds is 15. The standard InChI is InChI=1S/C28H33N2O10PS/c1-5-38-41(34,39-6-2)28(40-27(31)26(37-4)22-10-8-7-9-11-22)25(21-14-16-23(17-15-21)30(32)33)29-42(35,36)24-18-12-20(3)13-19-24/h7-19,25-26,28-29H,5-6H2,1-4H3/t25-,26+,28-/m0/s1. The molecule has 0 saturated carbocycles. The van der Waals surface area contributed by atoms with Crippen LogP contribution in [0, 0.1) is 17.0 Å². The molecule has 226 valence electrons. The minimum Gasteiger partial charge on any atom is -0.445 e. The minimum absolute atomic E-state index is 0.0994. The van der Waals surface area contributed by atoms with Crippen LogP contribution >= 0.6 is 7.60 Å². The molecule has 14 heteroatoms. The monoisotopic (exact) mass is 620 g/mol. The number of hydrogen-bond acceptors (Lipinski definition) is 10. The third-order valence-electron chi connectivity index (χ3n) is 6.08. The number of ether oxygens (including phenoxy) is 2. The topological polar surface area (TPSA) is 160 Å². The van der Waals surface area contributed by atoms with Crippen LogP contribution in [0.15, 0.2) is 83.8 Å². The average molecular weight is 621 g/mol. The zero-order valence-corrected chi connectivity index (χ0v) is 25.2. The second kappa shape index (κ2) is 14.6. The van der Waals surface area contributed by atoms with Gasteiger partial charge in [-0.3, -0.25) is 14.7 Å². The zero-order valence-electron chi connectivity index (χ0n) is 23.5. The van der Waals surface area contributed by atoms with E-state index in [0.717, 1.165) is 17.7 Å². The van der Waals surface area contributed by atoms with Gasteiger partial charge in [-0.05, 0) is 44.0 Å². The van der Waals surface area contributed by atoms with Crippen molar-refractivity contribution >= 4 is 29.3 Å². The summed E-state index contributed by atoms with van der Waals surface area (Å²) in [6.45, 7) is 4.62. The van der Waals surface area contributed by atoms with Crippen LogP contribution in [0.2, 0.25) is 0 Å². The number of nitro benzene ring substituents is 1. The predicted octanol–water partition coefficient (Wildman–Crippen LogP) is 5.45. The van der Waals surface area contributed by atoms with Gasteiger partial charge in [0.2, 0.25) is 15.9 Å². The molecule has 42 heavy (non-hydrogen) atoms. The number of carbonyl (C=O) groups is 1. The maximum absolute atomic E-state index is 14.2. The Kier molecular flexibility index (Phi) is 11.5. The Labute approximate surface area is 244 Å². The van der Waals surface area contributed by atoms with Gasteiger partial charge in [0.1, 0.15) is 0 Å². The van der Waals surface area contributed by atoms with E-state index in [2.05, 4.69) is 4.72 Å². The SMILES string of the molecule is CCOP(=O)(OCC)[C@H](OC(=O)[C@H](OC)c1ccccc1)[C@@H](NS(=O)(=O)c1ccc(C)cc1)c1ccc([N+](=O)[O-])cc1. The summed E-state index contributed by atoms with van der Waals surface area (Å²) in [6, 6.07) is 17.6. The van der Waals surface area contributed by atoms with Crippen molar-refractivity contribution in [1.82, 2.24) is 4.72 Å². The zero-order chi connectivity index (χ0) is 30.9. The summed E-state index contributed by atoms with van der Waals surface area (Å²) in [4.78, 5) is 24.1. The number of esters is 1. The fraction of sp³-hybridized carbons (Fsp3) is 0.321. The smallest absolute Gasteiger partial charge is 0.372 e. The van der Waals surface area contributed by atoms with Crippen LogP contribution in [0.25, 0.3) is 0 Å². The van der Waals surface area contributed by atoms with Crippen molar-refractivity contribution in [2.45, 2.75) is 43.7 Å². The van der Waals surface area contributed by atoms with Gasteiger partial charge in [0, 0.05) is 19.2 Å². The summed E-state index contributed by atoms with van der Waals surface area (Å²) in [5.74, 6) is -2.86. The van der Waals surface area contributed by atoms with E-state index >= 15 is 0 Å². The lowest BCUT2D eigenvalue weighted by Crippen LogP contribution is -2.40. The van der Waals surface area contributed by atoms with Crippen LogP contribution in [0.4, 0.5) is 5.69 Å². The number of nitro groups is 1. The number of nitrogens with zero attached hydrogens (tertiary/aromatic N) is 1. The molecule has 0 aliphatic heterocycles. The van der Waals surface area contributed by atoms with Gasteiger partial charge >= 0.3 is 13.6 Å². The summed E-state index contributed by atoms with van der Waals surface area (Å²) in [6.07, 6.45) is -1.27. The summed E-state index contributed by atoms with van der Waals surface area (Å²) < 4.78 is 66.1. The number of nitrogens with one attached hydrogen (secondary N) is 1. The van der Waals surface area contributed by atoms with E-state index in [0.29, 0.717) is 5.56 Å². The van der Waals surface area contributed by atoms with Crippen molar-refractivity contribution in [2.75, 3.05) is 20.3 Å². The first-order chi connectivity index (χ1) is 20.0. The first-order valence-electron chi connectivity index (χ1n) is 13.0. The van der Waals surface area contributed by atoms with E-state index in [1.165, 1.54) is 31.4 Å². The Morgan fingerprint density at radius 2 is 1.50 bits per heavy atom. The van der Waals surface area contributed by atoms with Crippen molar-refractivity contribution in [3.8, 4) is 0 Å². The van der Waals surface area contributed by atoms with Crippen molar-refractivity contribution in [3.05, 3.63) is 106 Å². The molecular formula is C28H33N2O10PS. The van der Waals surface area contributed by atoms with E-state index < -0.39 is 46.5 Å². The van der Waals surface area contributed by atoms with Crippen LogP contribution < -0.4 is 4.72 Å². The molecule has 0 unspecified atom stereocenters. The molecule has 0 heterocycles. The number of aryl methyl sites for hydroxylation is 1. The van der Waals surface area contributed by atoms with Gasteiger partial charge in [-0.25, -0.2) is 13.2 Å². The van der Waals surface area contributed by atoms with Crippen molar-refractivity contribution in [1.29, 1.82) is 0 Å². The van der Waals surface area contributed by atoms with Crippen molar-refractivity contribution in [2.24, 2.45) is 0 Å². The Balaban J connectivity index is 2.19. The molecule has 3 aromatic rings. The second-order valence-electron chi connectivity index (χ2n) is 8.99. The molecule has 1 N–H and O–H groups in total. The Bertz CT molecular complexity index is 1490. The quantitative estimate of drug-likeness (QED) is 0.100. The van der Waals surface area contributed by atoms with Crippen LogP contribution in [0.3, 0.4) is 0 Å². The van der Waals surface area contributed by atoms with E-state index in [9.17, 15) is 27.9 Å². The Morgan fingerprint density at radius 1 is 0.929 bits per heavy atom. The van der Waals surface area contributed by atoms with Crippen LogP contribution in [-0.4, -0.2) is 45.5 Å². The molecule has 0 aliphatic carbocycles. The molecule has 0 spiro atoms. The summed E-state index contributed by atoms with van der Waals surface area (Å²) >= 11 is 0. The third-order valence-corrected chi connectivity index (χ3v) is 9.80. The lowest BCUT2D eigenvalue weighted by Gasteiger charge is -2.33. The highest BCUT2D eigenvalue weighted by Crippen LogP contribution is 2.58. The van der Waals surface area contributed by atoms with Gasteiger partial charge in [-0.15, -0.1) is 0 Å². The number of hydrogen-bond donors (Lipinski definition) is 1. The minimum atomic E-state index is -4.42. The molecule has 0 radical (unpaired) electrons. The molecule has 3 aromatic carbocycles. The van der Waals surface area contributed by atoms with Gasteiger partial charge in [-0.1, -0.05) is 60.2 Å². The third kappa shape index (κ3) is 8.09. The van der Waals surface area contributed by atoms with Gasteiger partial charge in [0.05, 0.1) is 29.1 Å². The van der Waals surface area contributed by atoms with E-state index in [1.54, 1.807) is 63.2 Å². The molecule has 0 aliphatic rings. The normalized spacial score (nSPS) is 14.1. The maximum Gasteiger partial charge on any atom is 0.372 e. The summed E-state index contributed by atoms with van der Waals surface area (Å²) in [5, 5.41) is 11.3. The first kappa shape index (κ1) is 33.1. The van der Waals surface area contributed by atoms with E-state index in [1.807, 2.05) is 0 Å². The average Bonchev–Trinajstić information content (AvgIpc) is 2.96. The molecule has 0 amide bonds. The van der Waals surface area contributed by atoms with Crippen LogP contribution in [0.1, 0.15) is 42.7 Å². The molecule has 0 saturated heterocycles. The molecule has 3 rings (SSSR count). The van der Waals surface area contributed by atoms with Crippen LogP contribution in [0.5, 0.6) is 0 Å². The van der Waals surface area contributed by atoms with Crippen LogP contribution in [-0.2, 0) is 37.9 Å². The van der Waals surface area contributed by atoms with E-state index in [4.69, 9.17) is 18.5 Å². The largest absolute Gasteiger partial charge is 0.445 e. The number of carbonyl (C=O) groups excluding carboxylic acids is 1. The highest BCUT2D eigenvalue weighted by atomic mass is 32.2. The molecule has 0 fully saturated rings. The number of non-ortho nitro benzene ring substituents is 1. The van der Waals surface area contributed by atoms with Crippen molar-refractivity contribution in [3.63, 3.8) is 0 Å². The number of benzene rings is 3. The lowest BCUT2D eigenvalue weighted by molar-refractivity contribution is -0.384. The van der Waals surface area contributed by atoms with Gasteiger partial charge in [0.25, 0.3) is 5.69 Å². The Morgan fingerprint density at radius 3 is 2.00 bits per heavy atom.